The number of benzene rings is 1. The van der Waals surface area contributed by atoms with Gasteiger partial charge in [0.1, 0.15) is 0 Å². The molecule has 0 fully saturated rings. The summed E-state index contributed by atoms with van der Waals surface area (Å²) in [7, 11) is 1.52. The van der Waals surface area contributed by atoms with Gasteiger partial charge in [0.15, 0.2) is 0 Å². The summed E-state index contributed by atoms with van der Waals surface area (Å²) in [5, 5.41) is 0.570. The predicted molar refractivity (Wildman–Crippen MR) is 94.1 cm³/mol. The van der Waals surface area contributed by atoms with E-state index in [0.717, 1.165) is 15.2 Å². The number of carbonyl (C=O) groups excluding carboxylic acids is 1. The summed E-state index contributed by atoms with van der Waals surface area (Å²) in [6.45, 7) is 3.82. The van der Waals surface area contributed by atoms with Gasteiger partial charge >= 0.3 is 161 Å². The maximum atomic E-state index is 12.4. The first-order valence-corrected chi connectivity index (χ1v) is 9.24. The molecule has 1 aromatic carbocycles. The molecular formula is C18H18ClNO4Os. The average molecular weight is 538 g/mol. The topological polar surface area (TPSA) is 57.5 Å². The van der Waals surface area contributed by atoms with Gasteiger partial charge in [0.2, 0.25) is 0 Å². The summed E-state index contributed by atoms with van der Waals surface area (Å²) >= 11 is 7.92. The van der Waals surface area contributed by atoms with Crippen LogP contribution >= 0.6 is 11.6 Å². The van der Waals surface area contributed by atoms with E-state index >= 15 is 0 Å². The Bertz CT molecular complexity index is 876. The Balaban J connectivity index is 2.59. The summed E-state index contributed by atoms with van der Waals surface area (Å²) in [6, 6.07) is 7.00. The van der Waals surface area contributed by atoms with Crippen LogP contribution in [0.5, 0.6) is 5.75 Å². The van der Waals surface area contributed by atoms with Crippen LogP contribution in [-0.2, 0) is 34.2 Å². The predicted octanol–water partition coefficient (Wildman–Crippen LogP) is 2.83. The fourth-order valence-electron chi connectivity index (χ4n) is 2.43. The van der Waals surface area contributed by atoms with E-state index in [9.17, 15) is 9.59 Å². The third-order valence-electron chi connectivity index (χ3n) is 3.55. The Morgan fingerprint density at radius 3 is 2.60 bits per heavy atom. The van der Waals surface area contributed by atoms with Crippen LogP contribution in [0.4, 0.5) is 0 Å². The molecule has 0 N–H and O–H groups in total. The summed E-state index contributed by atoms with van der Waals surface area (Å²) in [5.41, 5.74) is 2.13. The van der Waals surface area contributed by atoms with Crippen molar-refractivity contribution >= 4 is 21.6 Å². The van der Waals surface area contributed by atoms with Crippen LogP contribution in [0.25, 0.3) is 11.1 Å². The molecule has 0 saturated heterocycles. The quantitative estimate of drug-likeness (QED) is 0.532. The van der Waals surface area contributed by atoms with Crippen molar-refractivity contribution in [1.82, 2.24) is 4.57 Å². The van der Waals surface area contributed by atoms with Crippen molar-refractivity contribution < 1.29 is 32.4 Å². The fourth-order valence-corrected chi connectivity index (χ4v) is 3.15. The number of esters is 1. The molecule has 0 amide bonds. The van der Waals surface area contributed by atoms with Gasteiger partial charge in [-0.25, -0.2) is 0 Å². The van der Waals surface area contributed by atoms with Crippen molar-refractivity contribution in [3.05, 3.63) is 51.4 Å². The molecule has 2 rings (SSSR count). The molecular weight excluding hydrogens is 520 g/mol. The van der Waals surface area contributed by atoms with Crippen LogP contribution in [-0.4, -0.2) is 28.3 Å². The van der Waals surface area contributed by atoms with Gasteiger partial charge in [-0.05, 0) is 0 Å². The van der Waals surface area contributed by atoms with Crippen LogP contribution in [0.1, 0.15) is 19.4 Å². The second kappa shape index (κ2) is 8.56. The van der Waals surface area contributed by atoms with Gasteiger partial charge in [0, 0.05) is 0 Å². The summed E-state index contributed by atoms with van der Waals surface area (Å²) in [5.74, 6) is 0.0128. The van der Waals surface area contributed by atoms with Gasteiger partial charge in [0.25, 0.3) is 0 Å². The Kier molecular flexibility index (Phi) is 6.69. The van der Waals surface area contributed by atoms with E-state index in [1.165, 1.54) is 23.9 Å². The van der Waals surface area contributed by atoms with Crippen molar-refractivity contribution in [3.63, 3.8) is 0 Å². The van der Waals surface area contributed by atoms with Gasteiger partial charge in [-0.1, -0.05) is 0 Å². The Morgan fingerprint density at radius 2 is 2.00 bits per heavy atom. The molecule has 0 radical (unpaired) electrons. The van der Waals surface area contributed by atoms with Gasteiger partial charge in [-0.15, -0.1) is 0 Å². The number of aromatic nitrogens is 1. The zero-order valence-corrected chi connectivity index (χ0v) is 17.4. The van der Waals surface area contributed by atoms with Gasteiger partial charge in [0.05, 0.1) is 0 Å². The Labute approximate surface area is 161 Å². The molecule has 1 aromatic heterocycles. The molecule has 0 atom stereocenters. The van der Waals surface area contributed by atoms with Gasteiger partial charge in [-0.3, -0.25) is 0 Å². The number of nitrogens with zero attached hydrogens (tertiary/aromatic N) is 1. The molecule has 0 unspecified atom stereocenters. The zero-order chi connectivity index (χ0) is 18.6. The zero-order valence-electron chi connectivity index (χ0n) is 14.1. The van der Waals surface area contributed by atoms with Crippen molar-refractivity contribution in [1.29, 1.82) is 0 Å². The molecule has 0 aliphatic carbocycles. The summed E-state index contributed by atoms with van der Waals surface area (Å²) < 4.78 is 12.7. The molecule has 0 spiro atoms. The van der Waals surface area contributed by atoms with Crippen LogP contribution in [0.2, 0.25) is 5.02 Å². The van der Waals surface area contributed by atoms with Crippen LogP contribution in [0.15, 0.2) is 35.3 Å². The first-order valence-electron chi connectivity index (χ1n) is 7.59. The second-order valence-corrected chi connectivity index (χ2v) is 7.57. The third-order valence-corrected chi connectivity index (χ3v) is 4.47. The maximum absolute atomic E-state index is 12.4. The number of hydrogen-bond donors (Lipinski definition) is 0. The number of halogens is 1. The van der Waals surface area contributed by atoms with Crippen molar-refractivity contribution in [3.8, 4) is 16.9 Å². The normalized spacial score (nSPS) is 10.4. The molecule has 1 heterocycles. The van der Waals surface area contributed by atoms with Crippen molar-refractivity contribution in [2.45, 2.75) is 20.4 Å². The molecule has 134 valence electrons. The second-order valence-electron chi connectivity index (χ2n) is 5.23. The average Bonchev–Trinajstić information content (AvgIpc) is 2.56. The summed E-state index contributed by atoms with van der Waals surface area (Å²) in [6.07, 6.45) is 1.52. The minimum absolute atomic E-state index is 0.161. The van der Waals surface area contributed by atoms with E-state index in [4.69, 9.17) is 21.1 Å². The van der Waals surface area contributed by atoms with Crippen LogP contribution in [0, 0.1) is 0 Å². The number of rotatable bonds is 6. The molecule has 25 heavy (non-hydrogen) atoms. The minimum atomic E-state index is -0.471. The third kappa shape index (κ3) is 4.65. The molecule has 0 aliphatic heterocycles. The molecule has 5 nitrogen and oxygen atoms in total. The molecule has 0 saturated carbocycles. The van der Waals surface area contributed by atoms with Gasteiger partial charge in [-0.2, -0.15) is 0 Å². The van der Waals surface area contributed by atoms with Crippen LogP contribution in [0.3, 0.4) is 0 Å². The van der Waals surface area contributed by atoms with E-state index in [-0.39, 0.29) is 18.7 Å². The van der Waals surface area contributed by atoms with Gasteiger partial charge < -0.3 is 0 Å². The van der Waals surface area contributed by atoms with Crippen molar-refractivity contribution in [2.24, 2.45) is 0 Å². The first-order chi connectivity index (χ1) is 11.9. The number of carbonyl (C=O) groups is 1. The molecule has 7 heteroatoms. The number of ether oxygens (including phenoxy) is 2. The number of pyridine rings is 1. The molecule has 0 bridgehead atoms. The Morgan fingerprint density at radius 1 is 1.28 bits per heavy atom. The molecule has 0 aliphatic rings. The van der Waals surface area contributed by atoms with E-state index < -0.39 is 5.97 Å². The van der Waals surface area contributed by atoms with E-state index in [0.29, 0.717) is 16.3 Å². The van der Waals surface area contributed by atoms with Crippen LogP contribution < -0.4 is 10.3 Å². The molecule has 2 aromatic rings. The van der Waals surface area contributed by atoms with E-state index in [1.54, 1.807) is 31.1 Å². The van der Waals surface area contributed by atoms with Crippen molar-refractivity contribution in [2.75, 3.05) is 13.7 Å². The number of hydrogen-bond acceptors (Lipinski definition) is 4. The standard InChI is InChI=1S/C18H18ClNO4.Os/c1-4-12-6-7-13(19)8-14(12)15-9-17(21)20(10-16(15)23-3)11-18(22)24-5-2;/h6-10H,5,11H2,1-3H3;. The van der Waals surface area contributed by atoms with E-state index in [2.05, 4.69) is 0 Å². The summed E-state index contributed by atoms with van der Waals surface area (Å²) in [4.78, 5) is 24.1. The SMILES string of the molecule is CCOC(=O)Cn1cc(OC)c(-c2cc(Cl)ccc2[C](C)=[Os])cc1=O. The first kappa shape index (κ1) is 19.6. The Hall–Kier alpha value is -1.76. The number of methoxy groups -OCH3 is 1. The monoisotopic (exact) mass is 539 g/mol. The van der Waals surface area contributed by atoms with E-state index in [1.807, 2.05) is 19.1 Å². The fraction of sp³-hybridized carbons (Fsp3) is 0.278.